The molecule has 0 heterocycles. The van der Waals surface area contributed by atoms with Gasteiger partial charge in [0.1, 0.15) is 0 Å². The first-order valence-corrected chi connectivity index (χ1v) is 12.8. The molecule has 0 aliphatic heterocycles. The molecule has 0 rings (SSSR count). The number of rotatable bonds is 20. The molecule has 0 nitrogen and oxygen atoms in total. The number of hydrogen-bond donors (Lipinski definition) is 0. The van der Waals surface area contributed by atoms with E-state index in [1.54, 1.807) is 0 Å². The van der Waals surface area contributed by atoms with E-state index in [1.165, 1.54) is 141 Å². The third-order valence-electron chi connectivity index (χ3n) is 5.41. The molecule has 0 saturated carbocycles. The van der Waals surface area contributed by atoms with Gasteiger partial charge in [-0.25, -0.2) is 0 Å². The van der Waals surface area contributed by atoms with Crippen LogP contribution in [0.25, 0.3) is 0 Å². The molecule has 0 unspecified atom stereocenters. The van der Waals surface area contributed by atoms with Crippen LogP contribution >= 0.6 is 0 Å². The first-order chi connectivity index (χ1) is 12.8. The Morgan fingerprint density at radius 2 is 0.308 bits per heavy atom. The van der Waals surface area contributed by atoms with Crippen molar-refractivity contribution in [1.29, 1.82) is 0 Å². The maximum absolute atomic E-state index is 2.29. The van der Waals surface area contributed by atoms with Crippen LogP contribution in [0.1, 0.15) is 169 Å². The Kier molecular flexibility index (Phi) is 32.3. The summed E-state index contributed by atoms with van der Waals surface area (Å²) < 4.78 is 0. The van der Waals surface area contributed by atoms with E-state index in [4.69, 9.17) is 0 Å². The smallest absolute Gasteiger partial charge is 0.0533 e. The van der Waals surface area contributed by atoms with E-state index < -0.39 is 0 Å². The highest BCUT2D eigenvalue weighted by Gasteiger charge is 1.93. The third-order valence-corrected chi connectivity index (χ3v) is 5.41. The van der Waals surface area contributed by atoms with E-state index in [0.29, 0.717) is 0 Å². The quantitative estimate of drug-likeness (QED) is 0.187. The highest BCUT2D eigenvalue weighted by molar-refractivity contribution is 4.49. The van der Waals surface area contributed by atoms with Gasteiger partial charge in [-0.3, -0.25) is 0 Å². The van der Waals surface area contributed by atoms with Crippen molar-refractivity contribution in [2.45, 2.75) is 169 Å². The molecule has 26 heavy (non-hydrogen) atoms. The summed E-state index contributed by atoms with van der Waals surface area (Å²) in [6, 6.07) is 0. The second-order valence-electron chi connectivity index (χ2n) is 8.36. The van der Waals surface area contributed by atoms with Crippen LogP contribution in [0.5, 0.6) is 0 Å². The highest BCUT2D eigenvalue weighted by atomic mass is 14.0. The molecule has 160 valence electrons. The molecule has 0 spiro atoms. The van der Waals surface area contributed by atoms with Gasteiger partial charge >= 0.3 is 0 Å². The van der Waals surface area contributed by atoms with Crippen LogP contribution in [0.4, 0.5) is 0 Å². The molecule has 0 amide bonds. The molecule has 0 fully saturated rings. The van der Waals surface area contributed by atoms with Crippen molar-refractivity contribution < 1.29 is 0 Å². The lowest BCUT2D eigenvalue weighted by Crippen LogP contribution is -1.83. The fourth-order valence-corrected chi connectivity index (χ4v) is 3.47. The zero-order valence-corrected chi connectivity index (χ0v) is 19.6. The first-order valence-electron chi connectivity index (χ1n) is 12.8. The summed E-state index contributed by atoms with van der Waals surface area (Å²) in [7, 11) is 0. The predicted molar refractivity (Wildman–Crippen MR) is 124 cm³/mol. The van der Waals surface area contributed by atoms with Crippen molar-refractivity contribution in [3.8, 4) is 0 Å². The van der Waals surface area contributed by atoms with Gasteiger partial charge < -0.3 is 0 Å². The second kappa shape index (κ2) is 29.8. The summed E-state index contributed by atoms with van der Waals surface area (Å²) in [5, 5.41) is 0. The van der Waals surface area contributed by atoms with E-state index in [0.717, 1.165) is 0 Å². The summed E-state index contributed by atoms with van der Waals surface area (Å²) in [5.74, 6) is 0. The Labute approximate surface area is 169 Å². The zero-order chi connectivity index (χ0) is 19.6. The molecule has 0 radical (unpaired) electrons. The Bertz CT molecular complexity index is 174. The van der Waals surface area contributed by atoms with Gasteiger partial charge in [0.2, 0.25) is 0 Å². The highest BCUT2D eigenvalue weighted by Crippen LogP contribution is 2.13. The van der Waals surface area contributed by atoms with Crippen molar-refractivity contribution in [1.82, 2.24) is 0 Å². The Balaban J connectivity index is 0. The molecule has 0 saturated heterocycles. The second-order valence-corrected chi connectivity index (χ2v) is 8.36. The van der Waals surface area contributed by atoms with E-state index >= 15 is 0 Å². The zero-order valence-electron chi connectivity index (χ0n) is 19.6. The summed E-state index contributed by atoms with van der Waals surface area (Å²) in [6.45, 7) is 9.10. The van der Waals surface area contributed by atoms with Crippen LogP contribution < -0.4 is 0 Å². The van der Waals surface area contributed by atoms with Crippen molar-refractivity contribution >= 4 is 0 Å². The van der Waals surface area contributed by atoms with Crippen LogP contribution in [-0.4, -0.2) is 0 Å². The Morgan fingerprint density at radius 1 is 0.192 bits per heavy atom. The van der Waals surface area contributed by atoms with Crippen LogP contribution in [0.2, 0.25) is 0 Å². The van der Waals surface area contributed by atoms with E-state index in [-0.39, 0.29) is 0 Å². The van der Waals surface area contributed by atoms with Gasteiger partial charge in [-0.2, -0.15) is 0 Å². The monoisotopic (exact) mass is 368 g/mol. The fraction of sp³-hybridized carbons (Fsp3) is 1.00. The van der Waals surface area contributed by atoms with Crippen molar-refractivity contribution in [2.75, 3.05) is 0 Å². The number of unbranched alkanes of at least 4 members (excludes halogenated alkanes) is 20. The van der Waals surface area contributed by atoms with Crippen LogP contribution in [0.15, 0.2) is 0 Å². The molecule has 0 aliphatic rings. The third kappa shape index (κ3) is 31.7. The minimum Gasteiger partial charge on any atom is -0.0654 e. The molecule has 0 aromatic carbocycles. The molecule has 0 N–H and O–H groups in total. The summed E-state index contributed by atoms with van der Waals surface area (Å²) in [5.41, 5.74) is 0. The molecule has 0 heteroatoms. The van der Waals surface area contributed by atoms with Gasteiger partial charge in [0.05, 0.1) is 0 Å². The normalized spacial score (nSPS) is 10.6. The molecular formula is C26H56. The molecule has 0 bridgehead atoms. The average molecular weight is 369 g/mol. The Morgan fingerprint density at radius 3 is 0.423 bits per heavy atom. The SMILES string of the molecule is CCCCCCCC.CCCCCCCCCCCCCCCCCC. The lowest BCUT2D eigenvalue weighted by Gasteiger charge is -2.03. The molecule has 0 aliphatic carbocycles. The predicted octanol–water partition coefficient (Wildman–Crippen LogP) is 10.6. The number of hydrogen-bond acceptors (Lipinski definition) is 0. The van der Waals surface area contributed by atoms with E-state index in [9.17, 15) is 0 Å². The van der Waals surface area contributed by atoms with Crippen molar-refractivity contribution in [3.63, 3.8) is 0 Å². The van der Waals surface area contributed by atoms with Gasteiger partial charge in [0.15, 0.2) is 0 Å². The lowest BCUT2D eigenvalue weighted by molar-refractivity contribution is 0.531. The van der Waals surface area contributed by atoms with Crippen LogP contribution in [-0.2, 0) is 0 Å². The van der Waals surface area contributed by atoms with Gasteiger partial charge in [-0.1, -0.05) is 169 Å². The lowest BCUT2D eigenvalue weighted by atomic mass is 10.0. The maximum Gasteiger partial charge on any atom is -0.0533 e. The molecule has 0 atom stereocenters. The van der Waals surface area contributed by atoms with Crippen LogP contribution in [0.3, 0.4) is 0 Å². The molecule has 0 aromatic rings. The van der Waals surface area contributed by atoms with Crippen LogP contribution in [0, 0.1) is 0 Å². The summed E-state index contributed by atoms with van der Waals surface area (Å²) >= 11 is 0. The minimum absolute atomic E-state index is 1.36. The largest absolute Gasteiger partial charge is 0.0654 e. The average Bonchev–Trinajstić information content (AvgIpc) is 2.66. The van der Waals surface area contributed by atoms with Gasteiger partial charge in [0.25, 0.3) is 0 Å². The van der Waals surface area contributed by atoms with Crippen molar-refractivity contribution in [2.24, 2.45) is 0 Å². The minimum atomic E-state index is 1.36. The topological polar surface area (TPSA) is 0 Å². The molecule has 0 aromatic heterocycles. The van der Waals surface area contributed by atoms with E-state index in [1.807, 2.05) is 0 Å². The fourth-order valence-electron chi connectivity index (χ4n) is 3.47. The van der Waals surface area contributed by atoms with Gasteiger partial charge in [-0.15, -0.1) is 0 Å². The maximum atomic E-state index is 2.29. The summed E-state index contributed by atoms with van der Waals surface area (Å²) in [4.78, 5) is 0. The summed E-state index contributed by atoms with van der Waals surface area (Å²) in [6.07, 6.45) is 31.9. The molecular weight excluding hydrogens is 312 g/mol. The standard InChI is InChI=1S/C18H38.C8H18/c1-3-5-7-9-11-13-15-17-18-16-14-12-10-8-6-4-2;1-3-5-7-8-6-4-2/h3-18H2,1-2H3;3-8H2,1-2H3. The van der Waals surface area contributed by atoms with Crippen molar-refractivity contribution in [3.05, 3.63) is 0 Å². The van der Waals surface area contributed by atoms with Gasteiger partial charge in [-0.05, 0) is 0 Å². The van der Waals surface area contributed by atoms with Gasteiger partial charge in [0, 0.05) is 0 Å². The Hall–Kier alpha value is 0. The first kappa shape index (κ1) is 28.2. The van der Waals surface area contributed by atoms with E-state index in [2.05, 4.69) is 27.7 Å².